The van der Waals surface area contributed by atoms with Crippen molar-refractivity contribution >= 4 is 23.7 Å². The van der Waals surface area contributed by atoms with Gasteiger partial charge in [0.25, 0.3) is 0 Å². The molecule has 2 aromatic rings. The smallest absolute Gasteiger partial charge is 0.408 e. The van der Waals surface area contributed by atoms with E-state index < -0.39 is 6.09 Å². The Morgan fingerprint density at radius 1 is 1.29 bits per heavy atom. The molecule has 0 aliphatic rings. The molecule has 0 spiro atoms. The van der Waals surface area contributed by atoms with Gasteiger partial charge in [0, 0.05) is 21.9 Å². The van der Waals surface area contributed by atoms with E-state index in [4.69, 9.17) is 4.74 Å². The van der Waals surface area contributed by atoms with E-state index in [-0.39, 0.29) is 13.2 Å². The molecule has 0 radical (unpaired) electrons. The second kappa shape index (κ2) is 7.88. The molecule has 0 saturated carbocycles. The van der Waals surface area contributed by atoms with Crippen LogP contribution in [0.3, 0.4) is 0 Å². The molecule has 0 atom stereocenters. The molecule has 0 fully saturated rings. The summed E-state index contributed by atoms with van der Waals surface area (Å²) < 4.78 is 5.04. The van der Waals surface area contributed by atoms with Crippen LogP contribution >= 0.6 is 11.3 Å². The number of nitrogens with one attached hydrogen (secondary N) is 1. The van der Waals surface area contributed by atoms with Crippen molar-refractivity contribution in [1.29, 1.82) is 0 Å². The van der Waals surface area contributed by atoms with Crippen LogP contribution in [0, 0.1) is 11.8 Å². The molecule has 1 aromatic heterocycles. The Morgan fingerprint density at radius 2 is 2.10 bits per heavy atom. The van der Waals surface area contributed by atoms with Crippen LogP contribution in [0.25, 0.3) is 0 Å². The number of carbonyl (C=O) groups excluding carboxylic acids is 2. The highest BCUT2D eigenvalue weighted by Crippen LogP contribution is 2.10. The molecule has 1 amide bonds. The molecule has 21 heavy (non-hydrogen) atoms. The summed E-state index contributed by atoms with van der Waals surface area (Å²) in [5.41, 5.74) is 2.17. The first kappa shape index (κ1) is 14.8. The van der Waals surface area contributed by atoms with Crippen LogP contribution in [0.15, 0.2) is 41.1 Å². The number of hydrogen-bond acceptors (Lipinski definition) is 4. The fourth-order valence-electron chi connectivity index (χ4n) is 1.53. The first-order valence-corrected chi connectivity index (χ1v) is 7.18. The molecule has 0 aliphatic carbocycles. The maximum atomic E-state index is 11.4. The number of benzene rings is 1. The first-order valence-electron chi connectivity index (χ1n) is 6.24. The van der Waals surface area contributed by atoms with Crippen molar-refractivity contribution in [3.8, 4) is 11.8 Å². The molecule has 1 N–H and O–H groups in total. The van der Waals surface area contributed by atoms with E-state index in [0.29, 0.717) is 11.1 Å². The van der Waals surface area contributed by atoms with Gasteiger partial charge in [0.1, 0.15) is 6.61 Å². The van der Waals surface area contributed by atoms with Gasteiger partial charge in [-0.05, 0) is 5.56 Å². The molecule has 0 bridgehead atoms. The minimum absolute atomic E-state index is 0.168. The van der Waals surface area contributed by atoms with Crippen LogP contribution in [0.5, 0.6) is 0 Å². The van der Waals surface area contributed by atoms with Gasteiger partial charge >= 0.3 is 6.09 Å². The van der Waals surface area contributed by atoms with Gasteiger partial charge in [-0.1, -0.05) is 42.2 Å². The van der Waals surface area contributed by atoms with Gasteiger partial charge in [-0.25, -0.2) is 4.79 Å². The third-order valence-electron chi connectivity index (χ3n) is 2.58. The van der Waals surface area contributed by atoms with Crippen LogP contribution in [-0.4, -0.2) is 18.9 Å². The number of carbonyl (C=O) groups is 2. The Labute approximate surface area is 126 Å². The lowest BCUT2D eigenvalue weighted by Gasteiger charge is -2.04. The number of rotatable bonds is 4. The Kier molecular flexibility index (Phi) is 5.56. The maximum Gasteiger partial charge on any atom is 0.408 e. The molecular weight excluding hydrogens is 286 g/mol. The third-order valence-corrected chi connectivity index (χ3v) is 3.34. The van der Waals surface area contributed by atoms with Crippen molar-refractivity contribution in [3.63, 3.8) is 0 Å². The predicted octanol–water partition coefficient (Wildman–Crippen LogP) is 2.84. The zero-order chi connectivity index (χ0) is 14.9. The Bertz CT molecular complexity index is 668. The Balaban J connectivity index is 1.74. The number of alkyl carbamates (subject to hydrolysis) is 1. The fraction of sp³-hybridized carbons (Fsp3) is 0.125. The van der Waals surface area contributed by atoms with Gasteiger partial charge < -0.3 is 10.1 Å². The Morgan fingerprint density at radius 3 is 2.86 bits per heavy atom. The summed E-state index contributed by atoms with van der Waals surface area (Å²) in [6.07, 6.45) is 0.247. The summed E-state index contributed by atoms with van der Waals surface area (Å²) in [5, 5.41) is 6.06. The van der Waals surface area contributed by atoms with E-state index in [9.17, 15) is 9.59 Å². The average Bonchev–Trinajstić information content (AvgIpc) is 2.98. The van der Waals surface area contributed by atoms with Crippen molar-refractivity contribution < 1.29 is 14.3 Å². The molecule has 1 heterocycles. The van der Waals surface area contributed by atoms with E-state index in [1.54, 1.807) is 10.8 Å². The van der Waals surface area contributed by atoms with Gasteiger partial charge in [0.05, 0.1) is 6.54 Å². The Hall–Kier alpha value is -2.58. The van der Waals surface area contributed by atoms with Gasteiger partial charge in [0.15, 0.2) is 6.29 Å². The van der Waals surface area contributed by atoms with Crippen LogP contribution in [0.1, 0.15) is 21.5 Å². The van der Waals surface area contributed by atoms with Crippen molar-refractivity contribution in [1.82, 2.24) is 5.32 Å². The highest BCUT2D eigenvalue weighted by molar-refractivity contribution is 7.08. The van der Waals surface area contributed by atoms with Crippen LogP contribution in [0.2, 0.25) is 0 Å². The topological polar surface area (TPSA) is 55.4 Å². The van der Waals surface area contributed by atoms with Crippen LogP contribution in [-0.2, 0) is 11.3 Å². The lowest BCUT2D eigenvalue weighted by atomic mass is 10.2. The number of aldehydes is 1. The lowest BCUT2D eigenvalue weighted by molar-refractivity contribution is 0.112. The summed E-state index contributed by atoms with van der Waals surface area (Å²) >= 11 is 1.42. The molecular formula is C16H13NO3S. The molecule has 0 aliphatic heterocycles. The van der Waals surface area contributed by atoms with Crippen LogP contribution in [0.4, 0.5) is 4.79 Å². The normalized spacial score (nSPS) is 9.33. The quantitative estimate of drug-likeness (QED) is 0.697. The zero-order valence-corrected chi connectivity index (χ0v) is 12.0. The van der Waals surface area contributed by atoms with Crippen molar-refractivity contribution in [2.24, 2.45) is 0 Å². The van der Waals surface area contributed by atoms with Gasteiger partial charge in [-0.15, -0.1) is 0 Å². The van der Waals surface area contributed by atoms with Gasteiger partial charge in [-0.2, -0.15) is 11.3 Å². The maximum absolute atomic E-state index is 11.4. The first-order chi connectivity index (χ1) is 10.3. The number of amides is 1. The summed E-state index contributed by atoms with van der Waals surface area (Å²) in [7, 11) is 0. The van der Waals surface area contributed by atoms with Gasteiger partial charge in [0.2, 0.25) is 0 Å². The molecule has 5 heteroatoms. The zero-order valence-electron chi connectivity index (χ0n) is 11.2. The molecule has 0 saturated heterocycles. The second-order valence-corrected chi connectivity index (χ2v) is 4.82. The van der Waals surface area contributed by atoms with Crippen molar-refractivity contribution in [2.75, 3.05) is 6.54 Å². The minimum Gasteiger partial charge on any atom is -0.445 e. The van der Waals surface area contributed by atoms with E-state index >= 15 is 0 Å². The van der Waals surface area contributed by atoms with Gasteiger partial charge in [-0.3, -0.25) is 4.79 Å². The molecule has 4 nitrogen and oxygen atoms in total. The standard InChI is InChI=1S/C16H13NO3S/c18-9-15-12-21-11-14(15)7-4-8-17-16(19)20-10-13-5-2-1-3-6-13/h1-3,5-6,9,11-12H,8,10H2,(H,17,19). The predicted molar refractivity (Wildman–Crippen MR) is 81.2 cm³/mol. The highest BCUT2D eigenvalue weighted by Gasteiger charge is 2.01. The van der Waals surface area contributed by atoms with E-state index in [1.165, 1.54) is 11.3 Å². The summed E-state index contributed by atoms with van der Waals surface area (Å²) in [4.78, 5) is 22.1. The molecule has 106 valence electrons. The largest absolute Gasteiger partial charge is 0.445 e. The monoisotopic (exact) mass is 299 g/mol. The SMILES string of the molecule is O=Cc1cscc1C#CCNC(=O)OCc1ccccc1. The number of ether oxygens (including phenoxy) is 1. The molecule has 0 unspecified atom stereocenters. The van der Waals surface area contributed by atoms with E-state index in [0.717, 1.165) is 11.8 Å². The number of hydrogen-bond donors (Lipinski definition) is 1. The average molecular weight is 299 g/mol. The summed E-state index contributed by atoms with van der Waals surface area (Å²) in [6.45, 7) is 0.391. The summed E-state index contributed by atoms with van der Waals surface area (Å²) in [6, 6.07) is 9.42. The van der Waals surface area contributed by atoms with Crippen molar-refractivity contribution in [2.45, 2.75) is 6.61 Å². The molecule has 1 aromatic carbocycles. The number of thiophene rings is 1. The van der Waals surface area contributed by atoms with E-state index in [1.807, 2.05) is 30.3 Å². The van der Waals surface area contributed by atoms with E-state index in [2.05, 4.69) is 17.2 Å². The minimum atomic E-state index is -0.519. The second-order valence-electron chi connectivity index (χ2n) is 4.08. The lowest BCUT2D eigenvalue weighted by Crippen LogP contribution is -2.24. The summed E-state index contributed by atoms with van der Waals surface area (Å²) in [5.74, 6) is 5.61. The fourth-order valence-corrected chi connectivity index (χ4v) is 2.26. The molecule has 2 rings (SSSR count). The van der Waals surface area contributed by atoms with Crippen LogP contribution < -0.4 is 5.32 Å². The highest BCUT2D eigenvalue weighted by atomic mass is 32.1. The van der Waals surface area contributed by atoms with Crippen molar-refractivity contribution in [3.05, 3.63) is 57.8 Å². The third kappa shape index (κ3) is 4.79.